The van der Waals surface area contributed by atoms with Crippen LogP contribution >= 0.6 is 0 Å². The molecular formula is C15H12N4O. The third-order valence-corrected chi connectivity index (χ3v) is 3.41. The van der Waals surface area contributed by atoms with Gasteiger partial charge in [0.2, 0.25) is 5.78 Å². The van der Waals surface area contributed by atoms with Crippen LogP contribution in [0.1, 0.15) is 10.6 Å². The van der Waals surface area contributed by atoms with Crippen LogP contribution in [0, 0.1) is 0 Å². The van der Waals surface area contributed by atoms with Gasteiger partial charge in [-0.3, -0.25) is 4.79 Å². The number of rotatable bonds is 2. The predicted octanol–water partition coefficient (Wildman–Crippen LogP) is 2.61. The molecule has 0 bridgehead atoms. The summed E-state index contributed by atoms with van der Waals surface area (Å²) in [6.45, 7) is 0. The van der Waals surface area contributed by atoms with E-state index in [2.05, 4.69) is 20.6 Å². The van der Waals surface area contributed by atoms with Gasteiger partial charge >= 0.3 is 0 Å². The van der Waals surface area contributed by atoms with Gasteiger partial charge in [0.25, 0.3) is 0 Å². The van der Waals surface area contributed by atoms with E-state index in [-0.39, 0.29) is 5.78 Å². The van der Waals surface area contributed by atoms with E-state index in [1.54, 1.807) is 0 Å². The molecule has 2 aromatic carbocycles. The summed E-state index contributed by atoms with van der Waals surface area (Å²) in [7, 11) is 0. The van der Waals surface area contributed by atoms with Gasteiger partial charge in [0.1, 0.15) is 0 Å². The van der Waals surface area contributed by atoms with E-state index in [0.717, 1.165) is 22.4 Å². The Labute approximate surface area is 115 Å². The number of anilines is 2. The third-order valence-electron chi connectivity index (χ3n) is 3.41. The number of H-pyrrole nitrogens is 1. The highest BCUT2D eigenvalue weighted by molar-refractivity contribution is 6.04. The molecule has 0 radical (unpaired) electrons. The van der Waals surface area contributed by atoms with Crippen molar-refractivity contribution in [2.45, 2.75) is 6.17 Å². The normalized spacial score (nSPS) is 13.8. The topological polar surface area (TPSA) is 69.8 Å². The van der Waals surface area contributed by atoms with Crippen molar-refractivity contribution in [1.29, 1.82) is 0 Å². The summed E-state index contributed by atoms with van der Waals surface area (Å²) < 4.78 is 0. The molecule has 0 saturated carbocycles. The van der Waals surface area contributed by atoms with Crippen LogP contribution in [-0.2, 0) is 0 Å². The number of fused-ring (bicyclic) bond motifs is 2. The number of nitrogens with one attached hydrogen (secondary N) is 3. The van der Waals surface area contributed by atoms with Crippen molar-refractivity contribution in [2.24, 2.45) is 0 Å². The van der Waals surface area contributed by atoms with E-state index in [4.69, 9.17) is 0 Å². The van der Waals surface area contributed by atoms with Gasteiger partial charge in [0.05, 0.1) is 22.4 Å². The molecule has 0 unspecified atom stereocenters. The summed E-state index contributed by atoms with van der Waals surface area (Å²) in [4.78, 5) is 19.9. The van der Waals surface area contributed by atoms with Crippen LogP contribution in [0.15, 0.2) is 48.5 Å². The lowest BCUT2D eigenvalue weighted by Gasteiger charge is -2.08. The lowest BCUT2D eigenvalue weighted by Crippen LogP contribution is -2.33. The first-order chi connectivity index (χ1) is 9.81. The monoisotopic (exact) mass is 264 g/mol. The standard InChI is InChI=1S/C15H12N4O/c20-13(14-16-9-5-1-2-6-10(9)17-14)15-18-11-7-3-4-8-12(11)19-15/h1-8,14,16-17H,(H,18,19). The van der Waals surface area contributed by atoms with Gasteiger partial charge in [0.15, 0.2) is 12.0 Å². The number of imidazole rings is 1. The highest BCUT2D eigenvalue weighted by atomic mass is 16.1. The van der Waals surface area contributed by atoms with E-state index >= 15 is 0 Å². The van der Waals surface area contributed by atoms with Crippen molar-refractivity contribution in [3.8, 4) is 0 Å². The summed E-state index contributed by atoms with van der Waals surface area (Å²) in [5.41, 5.74) is 3.53. The molecule has 5 nitrogen and oxygen atoms in total. The van der Waals surface area contributed by atoms with Gasteiger partial charge < -0.3 is 15.6 Å². The molecule has 3 N–H and O–H groups in total. The molecule has 1 aliphatic rings. The highest BCUT2D eigenvalue weighted by Gasteiger charge is 2.28. The summed E-state index contributed by atoms with van der Waals surface area (Å²) in [6.07, 6.45) is -0.479. The van der Waals surface area contributed by atoms with E-state index in [9.17, 15) is 4.79 Å². The average molecular weight is 264 g/mol. The fraction of sp³-hybridized carbons (Fsp3) is 0.0667. The van der Waals surface area contributed by atoms with Crippen LogP contribution < -0.4 is 10.6 Å². The zero-order valence-corrected chi connectivity index (χ0v) is 10.6. The number of ketones is 1. The molecule has 98 valence electrons. The molecule has 0 aliphatic carbocycles. The minimum Gasteiger partial charge on any atom is -0.357 e. The highest BCUT2D eigenvalue weighted by Crippen LogP contribution is 2.29. The number of hydrogen-bond acceptors (Lipinski definition) is 4. The molecule has 3 aromatic rings. The number of carbonyl (C=O) groups is 1. The molecular weight excluding hydrogens is 252 g/mol. The van der Waals surface area contributed by atoms with Gasteiger partial charge in [-0.15, -0.1) is 0 Å². The molecule has 1 aromatic heterocycles. The Bertz CT molecular complexity index is 750. The Kier molecular flexibility index (Phi) is 2.26. The zero-order chi connectivity index (χ0) is 13.5. The lowest BCUT2D eigenvalue weighted by molar-refractivity contribution is 0.0971. The van der Waals surface area contributed by atoms with E-state index in [0.29, 0.717) is 5.82 Å². The molecule has 0 spiro atoms. The van der Waals surface area contributed by atoms with Crippen molar-refractivity contribution < 1.29 is 4.79 Å². The van der Waals surface area contributed by atoms with Crippen molar-refractivity contribution in [2.75, 3.05) is 10.6 Å². The second-order valence-electron chi connectivity index (χ2n) is 4.73. The molecule has 2 heterocycles. The second kappa shape index (κ2) is 4.09. The van der Waals surface area contributed by atoms with Crippen LogP contribution in [0.4, 0.5) is 11.4 Å². The van der Waals surface area contributed by atoms with E-state index in [1.165, 1.54) is 0 Å². The van der Waals surface area contributed by atoms with Crippen molar-refractivity contribution in [3.63, 3.8) is 0 Å². The van der Waals surface area contributed by atoms with Gasteiger partial charge in [0, 0.05) is 0 Å². The second-order valence-corrected chi connectivity index (χ2v) is 4.73. The van der Waals surface area contributed by atoms with E-state index in [1.807, 2.05) is 48.5 Å². The number of carbonyl (C=O) groups excluding carboxylic acids is 1. The van der Waals surface area contributed by atoms with Crippen molar-refractivity contribution in [3.05, 3.63) is 54.4 Å². The molecule has 4 rings (SSSR count). The Morgan fingerprint density at radius 3 is 2.30 bits per heavy atom. The summed E-state index contributed by atoms with van der Waals surface area (Å²) in [5.74, 6) is 0.265. The number of hydrogen-bond donors (Lipinski definition) is 3. The van der Waals surface area contributed by atoms with Crippen molar-refractivity contribution >= 4 is 28.2 Å². The number of aromatic amines is 1. The minimum absolute atomic E-state index is 0.0996. The number of aromatic nitrogens is 2. The number of benzene rings is 2. The quantitative estimate of drug-likeness (QED) is 0.622. The fourth-order valence-corrected chi connectivity index (χ4v) is 2.42. The lowest BCUT2D eigenvalue weighted by atomic mass is 10.3. The molecule has 1 aliphatic heterocycles. The first kappa shape index (κ1) is 11.0. The first-order valence-corrected chi connectivity index (χ1v) is 6.42. The first-order valence-electron chi connectivity index (χ1n) is 6.42. The van der Waals surface area contributed by atoms with Gasteiger partial charge in [-0.2, -0.15) is 0 Å². The van der Waals surface area contributed by atoms with Crippen LogP contribution in [0.3, 0.4) is 0 Å². The summed E-state index contributed by atoms with van der Waals surface area (Å²) in [5, 5.41) is 6.31. The van der Waals surface area contributed by atoms with Crippen LogP contribution in [0.25, 0.3) is 11.0 Å². The maximum Gasteiger partial charge on any atom is 0.240 e. The van der Waals surface area contributed by atoms with Gasteiger partial charge in [-0.05, 0) is 24.3 Å². The summed E-state index contributed by atoms with van der Waals surface area (Å²) in [6, 6.07) is 15.3. The number of nitrogens with zero attached hydrogens (tertiary/aromatic N) is 1. The Morgan fingerprint density at radius 1 is 0.950 bits per heavy atom. The maximum absolute atomic E-state index is 12.5. The smallest absolute Gasteiger partial charge is 0.240 e. The largest absolute Gasteiger partial charge is 0.357 e. The molecule has 0 fully saturated rings. The van der Waals surface area contributed by atoms with E-state index < -0.39 is 6.17 Å². The zero-order valence-electron chi connectivity index (χ0n) is 10.6. The Balaban J connectivity index is 1.65. The molecule has 0 atom stereocenters. The number of Topliss-reactive ketones (excluding diaryl/α,β-unsaturated/α-hetero) is 1. The van der Waals surface area contributed by atoms with Gasteiger partial charge in [-0.1, -0.05) is 24.3 Å². The minimum atomic E-state index is -0.479. The van der Waals surface area contributed by atoms with Crippen LogP contribution in [-0.4, -0.2) is 21.9 Å². The SMILES string of the molecule is O=C(c1nc2ccccc2[nH]1)C1Nc2ccccc2N1. The van der Waals surface area contributed by atoms with Crippen LogP contribution in [0.5, 0.6) is 0 Å². The van der Waals surface area contributed by atoms with Crippen LogP contribution in [0.2, 0.25) is 0 Å². The maximum atomic E-state index is 12.5. The van der Waals surface area contributed by atoms with Gasteiger partial charge in [-0.25, -0.2) is 4.98 Å². The average Bonchev–Trinajstić information content (AvgIpc) is 3.10. The predicted molar refractivity (Wildman–Crippen MR) is 77.9 cm³/mol. The summed E-state index contributed by atoms with van der Waals surface area (Å²) >= 11 is 0. The molecule has 5 heteroatoms. The number of para-hydroxylation sites is 4. The molecule has 0 amide bonds. The third kappa shape index (κ3) is 1.64. The Morgan fingerprint density at radius 2 is 1.60 bits per heavy atom. The Hall–Kier alpha value is -2.82. The molecule has 20 heavy (non-hydrogen) atoms. The molecule has 0 saturated heterocycles. The van der Waals surface area contributed by atoms with Crippen molar-refractivity contribution in [1.82, 2.24) is 9.97 Å². The fourth-order valence-electron chi connectivity index (χ4n) is 2.42.